The van der Waals surface area contributed by atoms with E-state index in [9.17, 15) is 19.2 Å². The van der Waals surface area contributed by atoms with Gasteiger partial charge >= 0.3 is 23.9 Å². The summed E-state index contributed by atoms with van der Waals surface area (Å²) in [6.07, 6.45) is 4.80. The molecule has 0 spiro atoms. The molecule has 0 radical (unpaired) electrons. The number of carbonyl (C=O) groups is 4. The van der Waals surface area contributed by atoms with Crippen molar-refractivity contribution in [3.05, 3.63) is 130 Å². The van der Waals surface area contributed by atoms with Crippen molar-refractivity contribution in [3.8, 4) is 11.5 Å². The first kappa shape index (κ1) is 35.6. The maximum atomic E-state index is 12.8. The molecule has 0 aliphatic carbocycles. The van der Waals surface area contributed by atoms with Gasteiger partial charge in [0.15, 0.2) is 0 Å². The van der Waals surface area contributed by atoms with Crippen molar-refractivity contribution in [2.45, 2.75) is 78.4 Å². The zero-order valence-electron chi connectivity index (χ0n) is 27.9. The standard InChI is InChI=1S/C40H42O8/c1-5-7-9-29-11-15-31(16-12-29)39(43)47-35-23-19-33(20-24-35)37(41)45-27(3)28(4)46-38(42)34-21-25-36(26-22-34)48-40(44)32-17-13-30(14-18-32)10-8-6-2/h11-28H,5-10H2,1-4H3. The maximum absolute atomic E-state index is 12.8. The van der Waals surface area contributed by atoms with Crippen LogP contribution in [0.1, 0.15) is 106 Å². The Bertz CT molecular complexity index is 1530. The number of hydrogen-bond acceptors (Lipinski definition) is 8. The molecule has 48 heavy (non-hydrogen) atoms. The third kappa shape index (κ3) is 10.4. The Kier molecular flexibility index (Phi) is 13.1. The lowest BCUT2D eigenvalue weighted by atomic mass is 10.1. The topological polar surface area (TPSA) is 105 Å². The van der Waals surface area contributed by atoms with Crippen molar-refractivity contribution in [1.29, 1.82) is 0 Å². The molecule has 0 saturated carbocycles. The average molecular weight is 651 g/mol. The van der Waals surface area contributed by atoms with E-state index in [0.717, 1.165) is 38.5 Å². The molecule has 0 N–H and O–H groups in total. The number of benzene rings is 4. The van der Waals surface area contributed by atoms with Gasteiger partial charge in [-0.1, -0.05) is 51.0 Å². The quantitative estimate of drug-likeness (QED) is 0.0931. The van der Waals surface area contributed by atoms with Crippen LogP contribution >= 0.6 is 0 Å². The molecule has 0 amide bonds. The molecule has 0 aliphatic heterocycles. The van der Waals surface area contributed by atoms with Gasteiger partial charge in [-0.3, -0.25) is 0 Å². The fourth-order valence-corrected chi connectivity index (χ4v) is 4.69. The number of ether oxygens (including phenoxy) is 4. The minimum absolute atomic E-state index is 0.248. The first-order valence-electron chi connectivity index (χ1n) is 16.4. The van der Waals surface area contributed by atoms with Crippen molar-refractivity contribution < 1.29 is 38.1 Å². The second kappa shape index (κ2) is 17.6. The molecule has 4 aromatic carbocycles. The molecule has 0 saturated heterocycles. The lowest BCUT2D eigenvalue weighted by Gasteiger charge is -2.21. The zero-order valence-corrected chi connectivity index (χ0v) is 27.9. The van der Waals surface area contributed by atoms with Gasteiger partial charge in [0.2, 0.25) is 0 Å². The van der Waals surface area contributed by atoms with Crippen molar-refractivity contribution in [2.75, 3.05) is 0 Å². The summed E-state index contributed by atoms with van der Waals surface area (Å²) >= 11 is 0. The summed E-state index contributed by atoms with van der Waals surface area (Å²) in [4.78, 5) is 50.6. The molecule has 0 heterocycles. The van der Waals surface area contributed by atoms with E-state index in [1.807, 2.05) is 24.3 Å². The van der Waals surface area contributed by atoms with Gasteiger partial charge in [-0.15, -0.1) is 0 Å². The van der Waals surface area contributed by atoms with Crippen LogP contribution in [0, 0.1) is 0 Å². The van der Waals surface area contributed by atoms with Gasteiger partial charge in [0.1, 0.15) is 23.7 Å². The molecule has 250 valence electrons. The molecule has 4 rings (SSSR count). The van der Waals surface area contributed by atoms with Gasteiger partial charge in [-0.05, 0) is 123 Å². The second-order valence-electron chi connectivity index (χ2n) is 11.6. The van der Waals surface area contributed by atoms with E-state index in [1.54, 1.807) is 38.1 Å². The molecule has 8 nitrogen and oxygen atoms in total. The number of aryl methyl sites for hydroxylation is 2. The molecule has 8 heteroatoms. The molecule has 2 atom stereocenters. The van der Waals surface area contributed by atoms with Crippen LogP contribution in [-0.2, 0) is 22.3 Å². The summed E-state index contributed by atoms with van der Waals surface area (Å²) in [7, 11) is 0. The van der Waals surface area contributed by atoms with Crippen LogP contribution in [-0.4, -0.2) is 36.1 Å². The van der Waals surface area contributed by atoms with E-state index in [0.29, 0.717) is 22.6 Å². The summed E-state index contributed by atoms with van der Waals surface area (Å²) in [6.45, 7) is 7.52. The summed E-state index contributed by atoms with van der Waals surface area (Å²) in [5.74, 6) is -1.63. The molecule has 0 bridgehead atoms. The Hall–Kier alpha value is -5.24. The van der Waals surface area contributed by atoms with E-state index in [-0.39, 0.29) is 11.1 Å². The Balaban J connectivity index is 1.23. The molecule has 0 aromatic heterocycles. The predicted molar refractivity (Wildman–Crippen MR) is 183 cm³/mol. The number of carbonyl (C=O) groups excluding carboxylic acids is 4. The van der Waals surface area contributed by atoms with Crippen LogP contribution in [0.15, 0.2) is 97.1 Å². The smallest absolute Gasteiger partial charge is 0.343 e. The summed E-state index contributed by atoms with van der Waals surface area (Å²) < 4.78 is 21.9. The largest absolute Gasteiger partial charge is 0.455 e. The Morgan fingerprint density at radius 3 is 1.06 bits per heavy atom. The molecule has 0 aliphatic rings. The van der Waals surface area contributed by atoms with Gasteiger partial charge in [0, 0.05) is 0 Å². The minimum Gasteiger partial charge on any atom is -0.455 e. The summed E-state index contributed by atoms with van der Waals surface area (Å²) in [5.41, 5.74) is 3.71. The Morgan fingerprint density at radius 2 is 0.750 bits per heavy atom. The highest BCUT2D eigenvalue weighted by Gasteiger charge is 2.23. The van der Waals surface area contributed by atoms with Crippen LogP contribution in [0.4, 0.5) is 0 Å². The van der Waals surface area contributed by atoms with Crippen LogP contribution in [0.5, 0.6) is 11.5 Å². The van der Waals surface area contributed by atoms with E-state index in [4.69, 9.17) is 18.9 Å². The third-order valence-electron chi connectivity index (χ3n) is 7.87. The highest BCUT2D eigenvalue weighted by molar-refractivity contribution is 5.93. The normalized spacial score (nSPS) is 12.0. The summed E-state index contributed by atoms with van der Waals surface area (Å²) in [6, 6.07) is 26.8. The van der Waals surface area contributed by atoms with Crippen molar-refractivity contribution >= 4 is 23.9 Å². The van der Waals surface area contributed by atoms with E-state index in [1.165, 1.54) is 59.7 Å². The Labute approximate surface area is 282 Å². The van der Waals surface area contributed by atoms with E-state index in [2.05, 4.69) is 13.8 Å². The number of hydrogen-bond donors (Lipinski definition) is 0. The SMILES string of the molecule is CCCCc1ccc(C(=O)Oc2ccc(C(=O)OC(C)C(C)OC(=O)c3ccc(OC(=O)c4ccc(CCCC)cc4)cc3)cc2)cc1. The van der Waals surface area contributed by atoms with E-state index < -0.39 is 36.1 Å². The van der Waals surface area contributed by atoms with Crippen LogP contribution in [0.2, 0.25) is 0 Å². The minimum atomic E-state index is -0.757. The highest BCUT2D eigenvalue weighted by Crippen LogP contribution is 2.19. The average Bonchev–Trinajstić information content (AvgIpc) is 3.10. The first-order chi connectivity index (χ1) is 23.2. The predicted octanol–water partition coefficient (Wildman–Crippen LogP) is 8.60. The molecular weight excluding hydrogens is 608 g/mol. The number of esters is 4. The molecule has 2 unspecified atom stereocenters. The van der Waals surface area contributed by atoms with Gasteiger partial charge < -0.3 is 18.9 Å². The fraction of sp³-hybridized carbons (Fsp3) is 0.300. The lowest BCUT2D eigenvalue weighted by molar-refractivity contribution is -0.0239. The van der Waals surface area contributed by atoms with E-state index >= 15 is 0 Å². The van der Waals surface area contributed by atoms with Crippen LogP contribution in [0.25, 0.3) is 0 Å². The maximum Gasteiger partial charge on any atom is 0.343 e. The van der Waals surface area contributed by atoms with Crippen LogP contribution in [0.3, 0.4) is 0 Å². The first-order valence-corrected chi connectivity index (χ1v) is 16.4. The summed E-state index contributed by atoms with van der Waals surface area (Å²) in [5, 5.41) is 0. The zero-order chi connectivity index (χ0) is 34.5. The fourth-order valence-electron chi connectivity index (χ4n) is 4.69. The van der Waals surface area contributed by atoms with Gasteiger partial charge in [-0.25, -0.2) is 19.2 Å². The number of rotatable bonds is 15. The monoisotopic (exact) mass is 650 g/mol. The van der Waals surface area contributed by atoms with Gasteiger partial charge in [-0.2, -0.15) is 0 Å². The molecule has 4 aromatic rings. The lowest BCUT2D eigenvalue weighted by Crippen LogP contribution is -2.30. The second-order valence-corrected chi connectivity index (χ2v) is 11.6. The molecule has 0 fully saturated rings. The highest BCUT2D eigenvalue weighted by atomic mass is 16.6. The van der Waals surface area contributed by atoms with Crippen molar-refractivity contribution in [3.63, 3.8) is 0 Å². The Morgan fingerprint density at radius 1 is 0.458 bits per heavy atom. The third-order valence-corrected chi connectivity index (χ3v) is 7.87. The van der Waals surface area contributed by atoms with Gasteiger partial charge in [0.05, 0.1) is 22.3 Å². The van der Waals surface area contributed by atoms with Crippen molar-refractivity contribution in [2.24, 2.45) is 0 Å². The van der Waals surface area contributed by atoms with Crippen molar-refractivity contribution in [1.82, 2.24) is 0 Å². The van der Waals surface area contributed by atoms with Gasteiger partial charge in [0.25, 0.3) is 0 Å². The number of unbranched alkanes of at least 4 members (excludes halogenated alkanes) is 2. The molecular formula is C40H42O8. The van der Waals surface area contributed by atoms with Crippen LogP contribution < -0.4 is 9.47 Å².